The molecule has 0 fully saturated rings. The van der Waals surface area contributed by atoms with Gasteiger partial charge < -0.3 is 9.47 Å². The molecular formula is C20H17N3O3S. The molecule has 0 aliphatic rings. The average Bonchev–Trinajstić information content (AvgIpc) is 3.13. The van der Waals surface area contributed by atoms with Gasteiger partial charge in [-0.15, -0.1) is 0 Å². The Morgan fingerprint density at radius 2 is 2.04 bits per heavy atom. The largest absolute Gasteiger partial charge is 0.497 e. The normalized spacial score (nSPS) is 11.0. The van der Waals surface area contributed by atoms with Crippen molar-refractivity contribution in [3.63, 3.8) is 0 Å². The van der Waals surface area contributed by atoms with Gasteiger partial charge in [-0.3, -0.25) is 0 Å². The summed E-state index contributed by atoms with van der Waals surface area (Å²) in [4.78, 5) is 18.0. The lowest BCUT2D eigenvalue weighted by atomic mass is 10.2. The van der Waals surface area contributed by atoms with Gasteiger partial charge in [-0.2, -0.15) is 5.10 Å². The number of hydrogen-bond acceptors (Lipinski definition) is 6. The summed E-state index contributed by atoms with van der Waals surface area (Å²) >= 11 is 1.51. The van der Waals surface area contributed by atoms with Crippen molar-refractivity contribution in [2.75, 3.05) is 13.7 Å². The summed E-state index contributed by atoms with van der Waals surface area (Å²) in [6.07, 6.45) is 1.51. The lowest BCUT2D eigenvalue weighted by molar-refractivity contribution is 0.0528. The number of aromatic nitrogens is 3. The molecule has 0 saturated carbocycles. The quantitative estimate of drug-likeness (QED) is 0.382. The Morgan fingerprint density at radius 3 is 2.85 bits per heavy atom. The van der Waals surface area contributed by atoms with Crippen LogP contribution in [-0.4, -0.2) is 34.3 Å². The van der Waals surface area contributed by atoms with Crippen LogP contribution in [0, 0.1) is 0 Å². The number of fused-ring (bicyclic) bond motifs is 3. The molecule has 4 rings (SSSR count). The SMILES string of the molecule is CCOC(=O)c1cnn2c1nc(Sc1cccc(OC)c1)c1ccccc12. The van der Waals surface area contributed by atoms with Crippen molar-refractivity contribution in [1.82, 2.24) is 14.6 Å². The van der Waals surface area contributed by atoms with Crippen LogP contribution in [0.15, 0.2) is 64.6 Å². The second-order valence-corrected chi connectivity index (χ2v) is 6.79. The molecule has 2 heterocycles. The van der Waals surface area contributed by atoms with Gasteiger partial charge in [0.2, 0.25) is 0 Å². The molecule has 2 aromatic heterocycles. The van der Waals surface area contributed by atoms with E-state index >= 15 is 0 Å². The van der Waals surface area contributed by atoms with Crippen molar-refractivity contribution in [1.29, 1.82) is 0 Å². The van der Waals surface area contributed by atoms with E-state index in [9.17, 15) is 4.79 Å². The number of carbonyl (C=O) groups is 1. The molecule has 0 N–H and O–H groups in total. The van der Waals surface area contributed by atoms with E-state index < -0.39 is 5.97 Å². The number of carbonyl (C=O) groups excluding carboxylic acids is 1. The first kappa shape index (κ1) is 17.4. The summed E-state index contributed by atoms with van der Waals surface area (Å²) < 4.78 is 12.1. The molecule has 0 spiro atoms. The third-order valence-corrected chi connectivity index (χ3v) is 5.06. The molecule has 0 bridgehead atoms. The monoisotopic (exact) mass is 379 g/mol. The van der Waals surface area contributed by atoms with Crippen molar-refractivity contribution in [2.24, 2.45) is 0 Å². The fraction of sp³-hybridized carbons (Fsp3) is 0.150. The van der Waals surface area contributed by atoms with Crippen LogP contribution in [-0.2, 0) is 4.74 Å². The van der Waals surface area contributed by atoms with E-state index in [1.54, 1.807) is 18.5 Å². The fourth-order valence-electron chi connectivity index (χ4n) is 2.83. The van der Waals surface area contributed by atoms with Crippen molar-refractivity contribution in [3.8, 4) is 5.75 Å². The Hall–Kier alpha value is -3.06. The maximum Gasteiger partial charge on any atom is 0.343 e. The summed E-state index contributed by atoms with van der Waals surface area (Å²) in [5.41, 5.74) is 1.72. The number of nitrogens with zero attached hydrogens (tertiary/aromatic N) is 3. The van der Waals surface area contributed by atoms with E-state index in [0.29, 0.717) is 17.8 Å². The van der Waals surface area contributed by atoms with Crippen LogP contribution in [0.25, 0.3) is 16.6 Å². The first-order chi connectivity index (χ1) is 13.2. The van der Waals surface area contributed by atoms with Gasteiger partial charge in [0.15, 0.2) is 5.65 Å². The predicted octanol–water partition coefficient (Wildman–Crippen LogP) is 4.22. The van der Waals surface area contributed by atoms with Crippen LogP contribution in [0.4, 0.5) is 0 Å². The maximum absolute atomic E-state index is 12.3. The van der Waals surface area contributed by atoms with E-state index in [1.807, 2.05) is 48.5 Å². The summed E-state index contributed by atoms with van der Waals surface area (Å²) in [5.74, 6) is 0.356. The highest BCUT2D eigenvalue weighted by molar-refractivity contribution is 7.99. The highest BCUT2D eigenvalue weighted by Gasteiger charge is 2.19. The number of hydrogen-bond donors (Lipinski definition) is 0. The molecule has 27 heavy (non-hydrogen) atoms. The van der Waals surface area contributed by atoms with Gasteiger partial charge in [0, 0.05) is 10.3 Å². The molecule has 0 amide bonds. The van der Waals surface area contributed by atoms with Gasteiger partial charge in [0.1, 0.15) is 16.3 Å². The van der Waals surface area contributed by atoms with E-state index in [0.717, 1.165) is 26.6 Å². The Morgan fingerprint density at radius 1 is 1.19 bits per heavy atom. The van der Waals surface area contributed by atoms with Gasteiger partial charge in [-0.05, 0) is 31.2 Å². The highest BCUT2D eigenvalue weighted by atomic mass is 32.2. The van der Waals surface area contributed by atoms with Crippen LogP contribution in [0.5, 0.6) is 5.75 Å². The van der Waals surface area contributed by atoms with Crippen molar-refractivity contribution in [2.45, 2.75) is 16.8 Å². The van der Waals surface area contributed by atoms with Gasteiger partial charge in [0.05, 0.1) is 25.4 Å². The average molecular weight is 379 g/mol. The molecule has 136 valence electrons. The Bertz CT molecular complexity index is 1140. The van der Waals surface area contributed by atoms with E-state index in [4.69, 9.17) is 14.5 Å². The summed E-state index contributed by atoms with van der Waals surface area (Å²) in [6.45, 7) is 2.08. The topological polar surface area (TPSA) is 65.7 Å². The van der Waals surface area contributed by atoms with Gasteiger partial charge in [-0.1, -0.05) is 36.0 Å². The second kappa shape index (κ2) is 7.28. The zero-order chi connectivity index (χ0) is 18.8. The molecule has 7 heteroatoms. The minimum absolute atomic E-state index is 0.301. The van der Waals surface area contributed by atoms with Crippen LogP contribution in [0.3, 0.4) is 0 Å². The highest BCUT2D eigenvalue weighted by Crippen LogP contribution is 2.34. The maximum atomic E-state index is 12.3. The molecule has 0 atom stereocenters. The van der Waals surface area contributed by atoms with Gasteiger partial charge >= 0.3 is 5.97 Å². The van der Waals surface area contributed by atoms with Crippen LogP contribution >= 0.6 is 11.8 Å². The fourth-order valence-corrected chi connectivity index (χ4v) is 3.79. The second-order valence-electron chi connectivity index (χ2n) is 5.73. The standard InChI is InChI=1S/C20H17N3O3S/c1-3-26-20(24)16-12-21-23-17-10-5-4-9-15(17)19(22-18(16)23)27-14-8-6-7-13(11-14)25-2/h4-12H,3H2,1-2H3. The lowest BCUT2D eigenvalue weighted by Gasteiger charge is -2.09. The molecule has 0 radical (unpaired) electrons. The molecule has 6 nitrogen and oxygen atoms in total. The van der Waals surface area contributed by atoms with E-state index in [-0.39, 0.29) is 0 Å². The van der Waals surface area contributed by atoms with Crippen LogP contribution in [0.2, 0.25) is 0 Å². The minimum atomic E-state index is -0.424. The smallest absolute Gasteiger partial charge is 0.343 e. The van der Waals surface area contributed by atoms with Crippen LogP contribution < -0.4 is 4.74 Å². The molecule has 0 aliphatic heterocycles. The zero-order valence-electron chi connectivity index (χ0n) is 14.9. The number of benzene rings is 2. The Kier molecular flexibility index (Phi) is 4.68. The van der Waals surface area contributed by atoms with Gasteiger partial charge in [-0.25, -0.2) is 14.3 Å². The number of esters is 1. The van der Waals surface area contributed by atoms with Gasteiger partial charge in [0.25, 0.3) is 0 Å². The Balaban J connectivity index is 1.89. The molecule has 2 aromatic carbocycles. The molecular weight excluding hydrogens is 362 g/mol. The molecule has 0 aliphatic carbocycles. The van der Waals surface area contributed by atoms with E-state index in [2.05, 4.69) is 5.10 Å². The van der Waals surface area contributed by atoms with E-state index in [1.165, 1.54) is 18.0 Å². The number of para-hydroxylation sites is 1. The first-order valence-corrected chi connectivity index (χ1v) is 9.28. The molecule has 4 aromatic rings. The Labute approximate surface area is 160 Å². The minimum Gasteiger partial charge on any atom is -0.497 e. The summed E-state index contributed by atoms with van der Waals surface area (Å²) in [6, 6.07) is 15.6. The number of ether oxygens (including phenoxy) is 2. The third-order valence-electron chi connectivity index (χ3n) is 4.06. The number of rotatable bonds is 5. The first-order valence-electron chi connectivity index (χ1n) is 8.46. The number of methoxy groups -OCH3 is 1. The lowest BCUT2D eigenvalue weighted by Crippen LogP contribution is -2.05. The van der Waals surface area contributed by atoms with Crippen molar-refractivity contribution < 1.29 is 14.3 Å². The van der Waals surface area contributed by atoms with Crippen molar-refractivity contribution in [3.05, 3.63) is 60.3 Å². The summed E-state index contributed by atoms with van der Waals surface area (Å²) in [7, 11) is 1.64. The third kappa shape index (κ3) is 3.21. The molecule has 0 unspecified atom stereocenters. The van der Waals surface area contributed by atoms with Crippen LogP contribution in [0.1, 0.15) is 17.3 Å². The molecule has 0 saturated heterocycles. The zero-order valence-corrected chi connectivity index (χ0v) is 15.7. The summed E-state index contributed by atoms with van der Waals surface area (Å²) in [5, 5.41) is 6.09. The predicted molar refractivity (Wildman–Crippen MR) is 104 cm³/mol. The van der Waals surface area contributed by atoms with Crippen molar-refractivity contribution >= 4 is 34.3 Å².